The summed E-state index contributed by atoms with van der Waals surface area (Å²) < 4.78 is 5.37. The summed E-state index contributed by atoms with van der Waals surface area (Å²) in [6.07, 6.45) is -8.29. The predicted octanol–water partition coefficient (Wildman–Crippen LogP) is -5.86. The van der Waals surface area contributed by atoms with Gasteiger partial charge in [-0.25, -0.2) is 0 Å². The van der Waals surface area contributed by atoms with Crippen molar-refractivity contribution in [2.75, 3.05) is 47.2 Å². The fraction of sp³-hybridized carbons (Fsp3) is 0.609. The molecule has 0 saturated carbocycles. The molecular formula is C23H36N8O13S. The third kappa shape index (κ3) is 10.8. The Hall–Kier alpha value is -4.06. The molecule has 0 radical (unpaired) electrons. The summed E-state index contributed by atoms with van der Waals surface area (Å²) in [7, 11) is 0. The molecule has 21 nitrogen and oxygen atoms in total. The number of hydrogen-bond acceptors (Lipinski definition) is 16. The third-order valence-electron chi connectivity index (χ3n) is 6.33. The normalized spacial score (nSPS) is 22.5. The minimum Gasteiger partial charge on any atom is -0.480 e. The van der Waals surface area contributed by atoms with Crippen LogP contribution in [0, 0.1) is 0 Å². The van der Waals surface area contributed by atoms with Crippen LogP contribution in [0.15, 0.2) is 4.79 Å². The minimum absolute atomic E-state index is 0.0323. The van der Waals surface area contributed by atoms with E-state index in [2.05, 4.69) is 25.9 Å². The lowest BCUT2D eigenvalue weighted by molar-refractivity contribution is -0.221. The largest absolute Gasteiger partial charge is 0.480 e. The van der Waals surface area contributed by atoms with Gasteiger partial charge in [-0.2, -0.15) is 16.7 Å². The van der Waals surface area contributed by atoms with E-state index in [4.69, 9.17) is 26.4 Å². The number of rotatable bonds is 18. The maximum Gasteiger partial charge on any atom is 0.322 e. The molecule has 3 amide bonds. The average Bonchev–Trinajstić information content (AvgIpc) is 2.98. The lowest BCUT2D eigenvalue weighted by atomic mass is 9.98. The first kappa shape index (κ1) is 37.1. The van der Waals surface area contributed by atoms with Crippen LogP contribution in [0.1, 0.15) is 12.8 Å². The second-order valence-electron chi connectivity index (χ2n) is 9.63. The van der Waals surface area contributed by atoms with Crippen LogP contribution in [0.3, 0.4) is 0 Å². The zero-order valence-electron chi connectivity index (χ0n) is 23.6. The maximum absolute atomic E-state index is 12.8. The molecule has 22 heteroatoms. The Morgan fingerprint density at radius 2 is 1.84 bits per heavy atom. The number of nitrogens with two attached hydrogens (primary N) is 2. The molecule has 1 aliphatic rings. The maximum atomic E-state index is 12.8. The molecular weight excluding hydrogens is 628 g/mol. The van der Waals surface area contributed by atoms with Gasteiger partial charge in [-0.1, -0.05) is 0 Å². The molecule has 0 spiro atoms. The van der Waals surface area contributed by atoms with Crippen molar-refractivity contribution >= 4 is 59.4 Å². The molecule has 0 unspecified atom stereocenters. The monoisotopic (exact) mass is 664 g/mol. The van der Waals surface area contributed by atoms with E-state index in [-0.39, 0.29) is 43.1 Å². The Kier molecular flexibility index (Phi) is 14.4. The number of nitrogens with zero attached hydrogens (tertiary/aromatic N) is 2. The Morgan fingerprint density at radius 1 is 1.16 bits per heavy atom. The van der Waals surface area contributed by atoms with E-state index in [1.807, 2.05) is 0 Å². The number of carboxylic acids is 2. The number of aliphatic hydroxyl groups excluding tert-OH is 4. The molecule has 2 heterocycles. The van der Waals surface area contributed by atoms with E-state index in [0.29, 0.717) is 0 Å². The average molecular weight is 665 g/mol. The molecule has 45 heavy (non-hydrogen) atoms. The molecule has 1 aromatic rings. The molecule has 2 rings (SSSR count). The van der Waals surface area contributed by atoms with E-state index in [1.165, 1.54) is 0 Å². The number of carboxylic acid groups (broad SMARTS) is 2. The number of aliphatic hydroxyl groups is 4. The quantitative estimate of drug-likeness (QED) is 0.0513. The molecule has 0 aromatic carbocycles. The lowest BCUT2D eigenvalue weighted by Crippen LogP contribution is -2.60. The van der Waals surface area contributed by atoms with Gasteiger partial charge in [0.25, 0.3) is 5.56 Å². The summed E-state index contributed by atoms with van der Waals surface area (Å²) in [5.41, 5.74) is 9.73. The number of H-pyrrole nitrogens is 1. The Morgan fingerprint density at radius 3 is 2.44 bits per heavy atom. The van der Waals surface area contributed by atoms with Crippen LogP contribution in [-0.4, -0.2) is 145 Å². The Bertz CT molecular complexity index is 1270. The van der Waals surface area contributed by atoms with Crippen molar-refractivity contribution < 1.29 is 59.3 Å². The van der Waals surface area contributed by atoms with Gasteiger partial charge in [0.1, 0.15) is 43.0 Å². The van der Waals surface area contributed by atoms with E-state index < -0.39 is 96.8 Å². The summed E-state index contributed by atoms with van der Waals surface area (Å²) in [6, 6.07) is -2.58. The second kappa shape index (κ2) is 17.4. The molecule has 1 aromatic heterocycles. The van der Waals surface area contributed by atoms with Crippen molar-refractivity contribution in [2.24, 2.45) is 5.73 Å². The number of amides is 3. The van der Waals surface area contributed by atoms with E-state index in [9.17, 15) is 49.2 Å². The van der Waals surface area contributed by atoms with Crippen molar-refractivity contribution in [3.05, 3.63) is 10.4 Å². The summed E-state index contributed by atoms with van der Waals surface area (Å²) in [6.45, 7) is -1.67. The number of aromatic nitrogens is 2. The fourth-order valence-corrected chi connectivity index (χ4v) is 4.90. The summed E-state index contributed by atoms with van der Waals surface area (Å²) >= 11 is 1.01. The topological polar surface area (TPSA) is 353 Å². The number of carbonyl (C=O) groups excluding carboxylic acids is 3. The summed E-state index contributed by atoms with van der Waals surface area (Å²) in [5, 5.41) is 64.6. The van der Waals surface area contributed by atoms with Gasteiger partial charge < -0.3 is 67.7 Å². The van der Waals surface area contributed by atoms with Crippen LogP contribution in [-0.2, 0) is 28.7 Å². The summed E-state index contributed by atoms with van der Waals surface area (Å²) in [5.74, 6) is -5.10. The Labute approximate surface area is 258 Å². The number of carbonyl (C=O) groups is 5. The van der Waals surface area contributed by atoms with Crippen molar-refractivity contribution in [1.82, 2.24) is 20.6 Å². The van der Waals surface area contributed by atoms with Crippen molar-refractivity contribution in [2.45, 2.75) is 55.6 Å². The molecule has 1 saturated heterocycles. The first-order valence-corrected chi connectivity index (χ1v) is 14.4. The SMILES string of the molecule is Nc1nc(N[C@@H]2O[C@H](CO)[C@@H](O)[C@H](O)[C@H]2O)c(N(C=O)CCSC[C@H](NC(=O)CC[C@H](N)C(=O)O)C(=O)NCC(=O)O)c(=O)[nH]1. The van der Waals surface area contributed by atoms with Gasteiger partial charge in [-0.15, -0.1) is 0 Å². The van der Waals surface area contributed by atoms with Crippen LogP contribution >= 0.6 is 11.8 Å². The van der Waals surface area contributed by atoms with E-state index >= 15 is 0 Å². The standard InChI is InChI=1S/C23H36N8O13S/c24-9(22(42)43)1-2-12(34)27-10(19(40)26-5-13(35)36)7-45-4-3-31(8-33)14-18(29-23(25)30-20(14)41)28-21-17(39)16(38)15(37)11(6-32)44-21/h8-11,15-17,21,32,37-39H,1-7,24H2,(H,26,40)(H,27,34)(H,35,36)(H,42,43)(H4,25,28,29,30,41)/t9-,10-,11+,15+,16-,17+,21+/m0/s1. The first-order chi connectivity index (χ1) is 21.2. The van der Waals surface area contributed by atoms with E-state index in [1.54, 1.807) is 0 Å². The van der Waals surface area contributed by atoms with Gasteiger partial charge in [0, 0.05) is 24.5 Å². The first-order valence-electron chi connectivity index (χ1n) is 13.2. The van der Waals surface area contributed by atoms with Crippen LogP contribution < -0.4 is 37.9 Å². The van der Waals surface area contributed by atoms with Gasteiger partial charge in [0.2, 0.25) is 24.2 Å². The van der Waals surface area contributed by atoms with Crippen LogP contribution in [0.25, 0.3) is 0 Å². The third-order valence-corrected chi connectivity index (χ3v) is 7.37. The van der Waals surface area contributed by atoms with Crippen molar-refractivity contribution in [1.29, 1.82) is 0 Å². The van der Waals surface area contributed by atoms with Gasteiger partial charge in [-0.3, -0.25) is 33.8 Å². The molecule has 7 atom stereocenters. The number of ether oxygens (including phenoxy) is 1. The van der Waals surface area contributed by atoms with Gasteiger partial charge in [-0.05, 0) is 6.42 Å². The number of nitrogens with one attached hydrogen (secondary N) is 4. The predicted molar refractivity (Wildman–Crippen MR) is 155 cm³/mol. The smallest absolute Gasteiger partial charge is 0.322 e. The van der Waals surface area contributed by atoms with Gasteiger partial charge >= 0.3 is 11.9 Å². The van der Waals surface area contributed by atoms with Crippen LogP contribution in [0.4, 0.5) is 17.5 Å². The second-order valence-corrected chi connectivity index (χ2v) is 10.8. The molecule has 1 aliphatic heterocycles. The lowest BCUT2D eigenvalue weighted by Gasteiger charge is -2.40. The summed E-state index contributed by atoms with van der Waals surface area (Å²) in [4.78, 5) is 78.4. The molecule has 14 N–H and O–H groups in total. The highest BCUT2D eigenvalue weighted by Crippen LogP contribution is 2.26. The molecule has 0 bridgehead atoms. The van der Waals surface area contributed by atoms with E-state index in [0.717, 1.165) is 16.7 Å². The highest BCUT2D eigenvalue weighted by molar-refractivity contribution is 7.99. The number of anilines is 3. The van der Waals surface area contributed by atoms with Gasteiger partial charge in [0.15, 0.2) is 17.7 Å². The van der Waals surface area contributed by atoms with Gasteiger partial charge in [0.05, 0.1) is 6.61 Å². The zero-order chi connectivity index (χ0) is 33.8. The number of thioether (sulfide) groups is 1. The Balaban J connectivity index is 2.14. The highest BCUT2D eigenvalue weighted by atomic mass is 32.2. The number of aromatic amines is 1. The van der Waals surface area contributed by atoms with Crippen molar-refractivity contribution in [3.63, 3.8) is 0 Å². The number of nitrogen functional groups attached to an aromatic ring is 1. The van der Waals surface area contributed by atoms with Crippen LogP contribution in [0.5, 0.6) is 0 Å². The number of hydrogen-bond donors (Lipinski definition) is 12. The molecule has 1 fully saturated rings. The highest BCUT2D eigenvalue weighted by Gasteiger charge is 2.44. The zero-order valence-corrected chi connectivity index (χ0v) is 24.4. The minimum atomic E-state index is -1.77. The van der Waals surface area contributed by atoms with Crippen LogP contribution in [0.2, 0.25) is 0 Å². The van der Waals surface area contributed by atoms with Crippen molar-refractivity contribution in [3.8, 4) is 0 Å². The molecule has 0 aliphatic carbocycles. The molecule has 252 valence electrons. The number of aliphatic carboxylic acids is 2. The fourth-order valence-electron chi connectivity index (χ4n) is 3.93.